The summed E-state index contributed by atoms with van der Waals surface area (Å²) in [5.41, 5.74) is 4.06. The lowest BCUT2D eigenvalue weighted by atomic mass is 10.2. The lowest BCUT2D eigenvalue weighted by Gasteiger charge is -2.09. The van der Waals surface area contributed by atoms with Gasteiger partial charge in [-0.15, -0.1) is 23.5 Å². The second kappa shape index (κ2) is 10.7. The van der Waals surface area contributed by atoms with E-state index >= 15 is 0 Å². The first-order valence-corrected chi connectivity index (χ1v) is 10.9. The Morgan fingerprint density at radius 2 is 1.93 bits per heavy atom. The number of thioether (sulfide) groups is 2. The van der Waals surface area contributed by atoms with Gasteiger partial charge in [0.05, 0.1) is 15.1 Å². The van der Waals surface area contributed by atoms with Crippen LogP contribution in [0, 0.1) is 10.1 Å². The highest BCUT2D eigenvalue weighted by Crippen LogP contribution is 2.45. The summed E-state index contributed by atoms with van der Waals surface area (Å²) in [6, 6.07) is 14.1. The van der Waals surface area contributed by atoms with Gasteiger partial charge in [0.15, 0.2) is 6.61 Å². The van der Waals surface area contributed by atoms with Crippen LogP contribution in [0.15, 0.2) is 59.7 Å². The molecule has 9 heteroatoms. The third-order valence-corrected chi connectivity index (χ3v) is 7.01. The fraction of sp³-hybridized carbons (Fsp3) is 0.200. The highest BCUT2D eigenvalue weighted by atomic mass is 32.2. The number of hydrogen-bond acceptors (Lipinski definition) is 7. The van der Waals surface area contributed by atoms with Gasteiger partial charge in [-0.25, -0.2) is 5.43 Å². The molecule has 1 amide bonds. The summed E-state index contributed by atoms with van der Waals surface area (Å²) in [6.45, 7) is -0.155. The molecule has 1 heterocycles. The molecule has 0 radical (unpaired) electrons. The molecule has 0 spiro atoms. The Kier molecular flexibility index (Phi) is 7.71. The van der Waals surface area contributed by atoms with Gasteiger partial charge in [-0.2, -0.15) is 5.10 Å². The maximum absolute atomic E-state index is 11.8. The molecule has 1 aliphatic heterocycles. The van der Waals surface area contributed by atoms with Crippen LogP contribution in [0.5, 0.6) is 5.75 Å². The zero-order chi connectivity index (χ0) is 20.5. The monoisotopic (exact) mass is 429 g/mol. The molecule has 7 nitrogen and oxygen atoms in total. The Morgan fingerprint density at radius 3 is 2.66 bits per heavy atom. The first-order valence-electron chi connectivity index (χ1n) is 8.81. The summed E-state index contributed by atoms with van der Waals surface area (Å²) in [5, 5.41) is 14.7. The van der Waals surface area contributed by atoms with Crippen LogP contribution in [-0.4, -0.2) is 35.2 Å². The molecule has 2 aromatic carbocycles. The standard InChI is InChI=1S/C20H19N3O4S2/c24-19(14-27-17-9-7-16(8-10-17)20-28-12-13-29-20)22-21-11-3-5-15-4-1-2-6-18(15)23(25)26/h1-11,20H,12-14H2,(H,22,24)/b5-3+,21-11-. The summed E-state index contributed by atoms with van der Waals surface area (Å²) in [6.07, 6.45) is 4.41. The minimum Gasteiger partial charge on any atom is -0.484 e. The Balaban J connectivity index is 1.42. The minimum absolute atomic E-state index is 0.00530. The van der Waals surface area contributed by atoms with E-state index < -0.39 is 10.8 Å². The first-order chi connectivity index (χ1) is 14.1. The molecule has 0 aliphatic carbocycles. The van der Waals surface area contributed by atoms with Crippen LogP contribution in [0.25, 0.3) is 6.08 Å². The highest BCUT2D eigenvalue weighted by molar-refractivity contribution is 8.19. The molecule has 2 aromatic rings. The highest BCUT2D eigenvalue weighted by Gasteiger charge is 2.18. The van der Waals surface area contributed by atoms with Gasteiger partial charge in [-0.05, 0) is 35.9 Å². The fourth-order valence-corrected chi connectivity index (χ4v) is 5.41. The van der Waals surface area contributed by atoms with Crippen LogP contribution in [0.3, 0.4) is 0 Å². The van der Waals surface area contributed by atoms with Crippen molar-refractivity contribution in [1.82, 2.24) is 5.43 Å². The van der Waals surface area contributed by atoms with Crippen molar-refractivity contribution in [3.63, 3.8) is 0 Å². The SMILES string of the molecule is O=C(COc1ccc(C2SCCS2)cc1)N/N=C\C=C\c1ccccc1[N+](=O)[O-]. The van der Waals surface area contributed by atoms with Crippen LogP contribution in [0.4, 0.5) is 5.69 Å². The van der Waals surface area contributed by atoms with E-state index in [9.17, 15) is 14.9 Å². The number of para-hydroxylation sites is 1. The number of nitro benzene ring substituents is 1. The number of carbonyl (C=O) groups is 1. The summed E-state index contributed by atoms with van der Waals surface area (Å²) in [5.74, 6) is 2.57. The fourth-order valence-electron chi connectivity index (χ4n) is 2.55. The summed E-state index contributed by atoms with van der Waals surface area (Å²) in [4.78, 5) is 22.3. The molecule has 3 rings (SSSR count). The molecule has 0 unspecified atom stereocenters. The molecule has 29 heavy (non-hydrogen) atoms. The van der Waals surface area contributed by atoms with Crippen LogP contribution >= 0.6 is 23.5 Å². The van der Waals surface area contributed by atoms with Crippen LogP contribution in [-0.2, 0) is 4.79 Å². The van der Waals surface area contributed by atoms with Crippen LogP contribution < -0.4 is 10.2 Å². The van der Waals surface area contributed by atoms with E-state index in [1.807, 2.05) is 47.8 Å². The number of nitrogens with one attached hydrogen (secondary N) is 1. The number of amides is 1. The first kappa shape index (κ1) is 20.9. The van der Waals surface area contributed by atoms with Gasteiger partial charge in [0.1, 0.15) is 5.75 Å². The number of carbonyl (C=O) groups excluding carboxylic acids is 1. The third kappa shape index (κ3) is 6.37. The number of benzene rings is 2. The zero-order valence-electron chi connectivity index (χ0n) is 15.4. The predicted molar refractivity (Wildman–Crippen MR) is 118 cm³/mol. The van der Waals surface area contributed by atoms with Gasteiger partial charge in [0, 0.05) is 23.8 Å². The lowest BCUT2D eigenvalue weighted by Crippen LogP contribution is -2.24. The second-order valence-corrected chi connectivity index (χ2v) is 8.64. The van der Waals surface area contributed by atoms with Crippen molar-refractivity contribution in [3.05, 3.63) is 75.8 Å². The molecule has 1 N–H and O–H groups in total. The van der Waals surface area contributed by atoms with Gasteiger partial charge >= 0.3 is 0 Å². The Bertz CT molecular complexity index is 910. The summed E-state index contributed by atoms with van der Waals surface area (Å²) in [7, 11) is 0. The molecule has 0 aromatic heterocycles. The zero-order valence-corrected chi connectivity index (χ0v) is 17.0. The average molecular weight is 430 g/mol. The molecule has 150 valence electrons. The van der Waals surface area contributed by atoms with Crippen molar-refractivity contribution in [3.8, 4) is 5.75 Å². The molecule has 1 saturated heterocycles. The molecule has 0 bridgehead atoms. The van der Waals surface area contributed by atoms with Crippen LogP contribution in [0.1, 0.15) is 15.7 Å². The number of allylic oxidation sites excluding steroid dienone is 1. The summed E-state index contributed by atoms with van der Waals surface area (Å²) >= 11 is 3.87. The van der Waals surface area contributed by atoms with E-state index in [-0.39, 0.29) is 12.3 Å². The Hall–Kier alpha value is -2.78. The van der Waals surface area contributed by atoms with Crippen molar-refractivity contribution in [2.75, 3.05) is 18.1 Å². The van der Waals surface area contributed by atoms with E-state index in [1.54, 1.807) is 24.3 Å². The van der Waals surface area contributed by atoms with Crippen molar-refractivity contribution in [2.24, 2.45) is 5.10 Å². The van der Waals surface area contributed by atoms with Gasteiger partial charge in [0.25, 0.3) is 11.6 Å². The van der Waals surface area contributed by atoms with Crippen LogP contribution in [0.2, 0.25) is 0 Å². The number of nitro groups is 1. The number of ether oxygens (including phenoxy) is 1. The molecule has 1 fully saturated rings. The van der Waals surface area contributed by atoms with Crippen molar-refractivity contribution in [2.45, 2.75) is 4.58 Å². The minimum atomic E-state index is -0.450. The maximum Gasteiger partial charge on any atom is 0.277 e. The molecule has 0 atom stereocenters. The number of nitrogens with zero attached hydrogens (tertiary/aromatic N) is 2. The van der Waals surface area contributed by atoms with E-state index in [2.05, 4.69) is 10.5 Å². The largest absolute Gasteiger partial charge is 0.484 e. The van der Waals surface area contributed by atoms with Gasteiger partial charge in [0.2, 0.25) is 0 Å². The van der Waals surface area contributed by atoms with E-state index in [1.165, 1.54) is 35.4 Å². The van der Waals surface area contributed by atoms with E-state index in [4.69, 9.17) is 4.74 Å². The van der Waals surface area contributed by atoms with E-state index in [0.29, 0.717) is 15.9 Å². The molecular weight excluding hydrogens is 410 g/mol. The van der Waals surface area contributed by atoms with Gasteiger partial charge < -0.3 is 4.74 Å². The quantitative estimate of drug-likeness (QED) is 0.383. The topological polar surface area (TPSA) is 93.8 Å². The number of rotatable bonds is 8. The average Bonchev–Trinajstić information content (AvgIpc) is 3.27. The normalized spacial score (nSPS) is 14.5. The maximum atomic E-state index is 11.8. The van der Waals surface area contributed by atoms with Gasteiger partial charge in [-0.1, -0.05) is 24.3 Å². The van der Waals surface area contributed by atoms with Crippen molar-refractivity contribution < 1.29 is 14.5 Å². The van der Waals surface area contributed by atoms with Gasteiger partial charge in [-0.3, -0.25) is 14.9 Å². The summed E-state index contributed by atoms with van der Waals surface area (Å²) < 4.78 is 5.94. The third-order valence-electron chi connectivity index (χ3n) is 3.90. The number of hydrazone groups is 1. The predicted octanol–water partition coefficient (Wildman–Crippen LogP) is 4.27. The number of hydrogen-bond donors (Lipinski definition) is 1. The smallest absolute Gasteiger partial charge is 0.277 e. The second-order valence-electron chi connectivity index (χ2n) is 5.92. The molecule has 0 saturated carbocycles. The Morgan fingerprint density at radius 1 is 1.21 bits per heavy atom. The lowest BCUT2D eigenvalue weighted by molar-refractivity contribution is -0.385. The Labute approximate surface area is 176 Å². The molecule has 1 aliphatic rings. The van der Waals surface area contributed by atoms with Crippen molar-refractivity contribution in [1.29, 1.82) is 0 Å². The molecular formula is C20H19N3O4S2. The van der Waals surface area contributed by atoms with Crippen molar-refractivity contribution >= 4 is 47.4 Å². The van der Waals surface area contributed by atoms with E-state index in [0.717, 1.165) is 0 Å².